The van der Waals surface area contributed by atoms with Gasteiger partial charge in [0.25, 0.3) is 0 Å². The molecule has 0 aliphatic rings. The number of anilines is 1. The molecule has 0 atom stereocenters. The van der Waals surface area contributed by atoms with E-state index in [4.69, 9.17) is 17.3 Å². The molecule has 2 N–H and O–H groups in total. The molecule has 0 saturated carbocycles. The summed E-state index contributed by atoms with van der Waals surface area (Å²) >= 11 is 5.65. The largest absolute Gasteiger partial charge is 0.378 e. The van der Waals surface area contributed by atoms with Gasteiger partial charge in [-0.25, -0.2) is 14.6 Å². The molecule has 2 heterocycles. The molecule has 2 aromatic rings. The average Bonchev–Trinajstić information content (AvgIpc) is 2.63. The van der Waals surface area contributed by atoms with Gasteiger partial charge in [0.15, 0.2) is 0 Å². The van der Waals surface area contributed by atoms with Crippen LogP contribution in [0.4, 0.5) is 11.5 Å². The first kappa shape index (κ1) is 10.3. The lowest BCUT2D eigenvalue weighted by Gasteiger charge is -2.02. The highest BCUT2D eigenvalue weighted by molar-refractivity contribution is 6.30. The minimum atomic E-state index is -0.666. The number of nitrogens with two attached hydrogens (primary N) is 1. The lowest BCUT2D eigenvalue weighted by Crippen LogP contribution is -2.07. The van der Waals surface area contributed by atoms with Gasteiger partial charge in [0.05, 0.1) is 22.3 Å². The van der Waals surface area contributed by atoms with Crippen LogP contribution in [0, 0.1) is 10.1 Å². The monoisotopic (exact) mass is 240 g/mol. The van der Waals surface area contributed by atoms with E-state index in [0.717, 1.165) is 6.33 Å². The predicted octanol–water partition coefficient (Wildman–Crippen LogP) is 0.806. The summed E-state index contributed by atoms with van der Waals surface area (Å²) < 4.78 is 1.17. The summed E-state index contributed by atoms with van der Waals surface area (Å²) in [6.45, 7) is 0. The summed E-state index contributed by atoms with van der Waals surface area (Å²) in [5.74, 6) is -0.244. The third-order valence-electron chi connectivity index (χ3n) is 1.78. The summed E-state index contributed by atoms with van der Waals surface area (Å²) in [5.41, 5.74) is 5.00. The van der Waals surface area contributed by atoms with Crippen molar-refractivity contribution in [1.29, 1.82) is 0 Å². The van der Waals surface area contributed by atoms with Crippen LogP contribution < -0.4 is 5.73 Å². The Bertz CT molecular complexity index is 554. The zero-order valence-corrected chi connectivity index (χ0v) is 8.50. The highest BCUT2D eigenvalue weighted by Crippen LogP contribution is 2.25. The molecule has 0 spiro atoms. The Hall–Kier alpha value is -2.22. The normalized spacial score (nSPS) is 10.3. The van der Waals surface area contributed by atoms with E-state index >= 15 is 0 Å². The van der Waals surface area contributed by atoms with Gasteiger partial charge >= 0.3 is 5.69 Å². The summed E-state index contributed by atoms with van der Waals surface area (Å²) in [6.07, 6.45) is 3.84. The fourth-order valence-electron chi connectivity index (χ4n) is 1.14. The van der Waals surface area contributed by atoms with Gasteiger partial charge in [-0.15, -0.1) is 0 Å². The molecular formula is C7H5ClN6O2. The molecule has 0 unspecified atom stereocenters. The highest BCUT2D eigenvalue weighted by Gasteiger charge is 2.22. The molecule has 0 amide bonds. The predicted molar refractivity (Wildman–Crippen MR) is 55.2 cm³/mol. The molecule has 82 valence electrons. The van der Waals surface area contributed by atoms with Crippen LogP contribution in [-0.2, 0) is 0 Å². The van der Waals surface area contributed by atoms with E-state index in [-0.39, 0.29) is 11.6 Å². The van der Waals surface area contributed by atoms with Crippen LogP contribution in [0.5, 0.6) is 0 Å². The van der Waals surface area contributed by atoms with Crippen LogP contribution in [0.2, 0.25) is 5.02 Å². The number of aromatic nitrogens is 4. The van der Waals surface area contributed by atoms with Crippen molar-refractivity contribution in [2.24, 2.45) is 0 Å². The van der Waals surface area contributed by atoms with Crippen molar-refractivity contribution in [3.05, 3.63) is 33.9 Å². The molecule has 2 aromatic heterocycles. The number of nitrogen functional groups attached to an aromatic ring is 1. The molecule has 0 radical (unpaired) electrons. The molecule has 0 bridgehead atoms. The minimum Gasteiger partial charge on any atom is -0.378 e. The fourth-order valence-corrected chi connectivity index (χ4v) is 1.28. The maximum atomic E-state index is 10.8. The first-order valence-electron chi connectivity index (χ1n) is 4.05. The van der Waals surface area contributed by atoms with E-state index in [2.05, 4.69) is 15.1 Å². The quantitative estimate of drug-likeness (QED) is 0.614. The Morgan fingerprint density at radius 1 is 1.50 bits per heavy atom. The Labute approximate surface area is 93.8 Å². The summed E-state index contributed by atoms with van der Waals surface area (Å²) in [6, 6.07) is 0. The van der Waals surface area contributed by atoms with E-state index in [1.54, 1.807) is 0 Å². The summed E-state index contributed by atoms with van der Waals surface area (Å²) in [4.78, 5) is 17.4. The van der Waals surface area contributed by atoms with Crippen molar-refractivity contribution in [2.45, 2.75) is 0 Å². The van der Waals surface area contributed by atoms with E-state index < -0.39 is 10.6 Å². The number of rotatable bonds is 2. The molecule has 0 aromatic carbocycles. The van der Waals surface area contributed by atoms with Gasteiger partial charge in [0.2, 0.25) is 11.6 Å². The number of nitro groups is 1. The van der Waals surface area contributed by atoms with Gasteiger partial charge < -0.3 is 5.73 Å². The minimum absolute atomic E-state index is 0.0237. The molecule has 0 fully saturated rings. The second-order valence-electron chi connectivity index (χ2n) is 2.79. The number of halogens is 1. The first-order valence-corrected chi connectivity index (χ1v) is 4.43. The number of hydrogen-bond acceptors (Lipinski definition) is 6. The van der Waals surface area contributed by atoms with Crippen molar-refractivity contribution in [3.8, 4) is 5.82 Å². The second-order valence-corrected chi connectivity index (χ2v) is 3.23. The Kier molecular flexibility index (Phi) is 2.41. The van der Waals surface area contributed by atoms with E-state index in [9.17, 15) is 10.1 Å². The third kappa shape index (κ3) is 1.65. The van der Waals surface area contributed by atoms with Crippen molar-refractivity contribution in [1.82, 2.24) is 19.7 Å². The Morgan fingerprint density at radius 2 is 2.25 bits per heavy atom. The van der Waals surface area contributed by atoms with Crippen LogP contribution in [-0.4, -0.2) is 24.7 Å². The van der Waals surface area contributed by atoms with E-state index in [1.165, 1.54) is 17.1 Å². The Morgan fingerprint density at radius 3 is 2.81 bits per heavy atom. The maximum Gasteiger partial charge on any atom is 0.355 e. The third-order valence-corrected chi connectivity index (χ3v) is 1.98. The lowest BCUT2D eigenvalue weighted by molar-refractivity contribution is -0.384. The van der Waals surface area contributed by atoms with Gasteiger partial charge in [-0.3, -0.25) is 10.1 Å². The number of hydrogen-bond donors (Lipinski definition) is 1. The first-order chi connectivity index (χ1) is 7.59. The van der Waals surface area contributed by atoms with Gasteiger partial charge in [-0.05, 0) is 0 Å². The van der Waals surface area contributed by atoms with Crippen molar-refractivity contribution < 1.29 is 4.92 Å². The zero-order valence-electron chi connectivity index (χ0n) is 7.74. The van der Waals surface area contributed by atoms with Gasteiger partial charge in [0, 0.05) is 0 Å². The van der Waals surface area contributed by atoms with Gasteiger partial charge in [-0.1, -0.05) is 11.6 Å². The highest BCUT2D eigenvalue weighted by atomic mass is 35.5. The molecular weight excluding hydrogens is 236 g/mol. The summed E-state index contributed by atoms with van der Waals surface area (Å²) in [7, 11) is 0. The van der Waals surface area contributed by atoms with Crippen LogP contribution in [0.3, 0.4) is 0 Å². The zero-order chi connectivity index (χ0) is 11.7. The molecule has 2 rings (SSSR count). The standard InChI is InChI=1S/C7H5ClN6O2/c8-4-1-12-13(2-4)7-5(14(15)16)6(9)10-3-11-7/h1-3H,(H2,9,10,11). The van der Waals surface area contributed by atoms with Crippen LogP contribution in [0.1, 0.15) is 0 Å². The van der Waals surface area contributed by atoms with Crippen LogP contribution in [0.25, 0.3) is 5.82 Å². The fraction of sp³-hybridized carbons (Fsp3) is 0. The van der Waals surface area contributed by atoms with E-state index in [1.807, 2.05) is 0 Å². The molecule has 0 saturated heterocycles. The van der Waals surface area contributed by atoms with Gasteiger partial charge in [-0.2, -0.15) is 5.10 Å². The average molecular weight is 241 g/mol. The molecule has 0 aliphatic carbocycles. The SMILES string of the molecule is Nc1ncnc(-n2cc(Cl)cn2)c1[N+](=O)[O-]. The maximum absolute atomic E-state index is 10.8. The lowest BCUT2D eigenvalue weighted by atomic mass is 10.4. The Balaban J connectivity index is 2.65. The smallest absolute Gasteiger partial charge is 0.355 e. The molecule has 16 heavy (non-hydrogen) atoms. The van der Waals surface area contributed by atoms with E-state index in [0.29, 0.717) is 5.02 Å². The number of nitrogens with zero attached hydrogens (tertiary/aromatic N) is 5. The van der Waals surface area contributed by atoms with Crippen molar-refractivity contribution >= 4 is 23.1 Å². The summed E-state index contributed by atoms with van der Waals surface area (Å²) in [5, 5.41) is 14.9. The van der Waals surface area contributed by atoms with Crippen LogP contribution in [0.15, 0.2) is 18.7 Å². The topological polar surface area (TPSA) is 113 Å². The second kappa shape index (κ2) is 3.74. The molecule has 8 nitrogen and oxygen atoms in total. The van der Waals surface area contributed by atoms with Gasteiger partial charge in [0.1, 0.15) is 6.33 Å². The van der Waals surface area contributed by atoms with Crippen LogP contribution >= 0.6 is 11.6 Å². The molecule has 0 aliphatic heterocycles. The van der Waals surface area contributed by atoms with Crippen molar-refractivity contribution in [2.75, 3.05) is 5.73 Å². The van der Waals surface area contributed by atoms with Crippen molar-refractivity contribution in [3.63, 3.8) is 0 Å². The molecule has 9 heteroatoms.